The van der Waals surface area contributed by atoms with Crippen LogP contribution in [-0.2, 0) is 0 Å². The lowest BCUT2D eigenvalue weighted by Crippen LogP contribution is -2.15. The monoisotopic (exact) mass is 290 g/mol. The van der Waals surface area contributed by atoms with Gasteiger partial charge in [0.25, 0.3) is 0 Å². The Morgan fingerprint density at radius 2 is 2.05 bits per heavy atom. The van der Waals surface area contributed by atoms with E-state index in [4.69, 9.17) is 16.3 Å². The zero-order chi connectivity index (χ0) is 14.2. The minimum atomic E-state index is 0.592. The molecule has 0 atom stereocenters. The Hall–Kier alpha value is -1.13. The Morgan fingerprint density at radius 1 is 1.25 bits per heavy atom. The van der Waals surface area contributed by atoms with Crippen molar-refractivity contribution < 1.29 is 4.74 Å². The third-order valence-corrected chi connectivity index (χ3v) is 4.04. The molecule has 1 aromatic rings. The first kappa shape index (κ1) is 15.3. The third kappa shape index (κ3) is 4.76. The average molecular weight is 291 g/mol. The minimum Gasteiger partial charge on any atom is -0.493 e. The predicted molar refractivity (Wildman–Crippen MR) is 85.5 cm³/mol. The van der Waals surface area contributed by atoms with Crippen molar-refractivity contribution in [3.63, 3.8) is 0 Å². The molecule has 1 aromatic carbocycles. The van der Waals surface area contributed by atoms with Gasteiger partial charge in [0.05, 0.1) is 6.61 Å². The Balaban J connectivity index is 1.90. The lowest BCUT2D eigenvalue weighted by atomic mass is 9.90. The van der Waals surface area contributed by atoms with Gasteiger partial charge in [0.2, 0.25) is 0 Å². The van der Waals surface area contributed by atoms with Gasteiger partial charge in [0, 0.05) is 17.9 Å². The van der Waals surface area contributed by atoms with E-state index in [0.29, 0.717) is 5.88 Å². The molecule has 0 amide bonds. The first-order valence-electron chi connectivity index (χ1n) is 7.58. The third-order valence-electron chi connectivity index (χ3n) is 3.85. The van der Waals surface area contributed by atoms with Gasteiger partial charge in [-0.1, -0.05) is 31.1 Å². The van der Waals surface area contributed by atoms with Gasteiger partial charge in [-0.15, -0.1) is 11.6 Å². The van der Waals surface area contributed by atoms with Crippen molar-refractivity contribution in [2.75, 3.05) is 12.5 Å². The summed E-state index contributed by atoms with van der Waals surface area (Å²) in [4.78, 5) is 0. The zero-order valence-corrected chi connectivity index (χ0v) is 13.0. The summed E-state index contributed by atoms with van der Waals surface area (Å²) < 4.78 is 5.94. The number of hydrogen-bond donors (Lipinski definition) is 0. The Morgan fingerprint density at radius 3 is 2.75 bits per heavy atom. The fraction of sp³-hybridized carbons (Fsp3) is 0.556. The maximum atomic E-state index is 5.94. The molecule has 1 saturated carbocycles. The number of ether oxygens (including phenoxy) is 1. The molecule has 20 heavy (non-hydrogen) atoms. The summed E-state index contributed by atoms with van der Waals surface area (Å²) >= 11 is 5.63. The van der Waals surface area contributed by atoms with Crippen LogP contribution >= 0.6 is 11.6 Å². The summed E-state index contributed by atoms with van der Waals surface area (Å²) in [6.07, 6.45) is 7.50. The van der Waals surface area contributed by atoms with Gasteiger partial charge in [-0.25, -0.2) is 0 Å². The zero-order valence-electron chi connectivity index (χ0n) is 12.3. The van der Waals surface area contributed by atoms with Crippen LogP contribution in [-0.4, -0.2) is 12.5 Å². The van der Waals surface area contributed by atoms with Crippen LogP contribution in [0.15, 0.2) is 18.2 Å². The fourth-order valence-corrected chi connectivity index (χ4v) is 2.73. The summed E-state index contributed by atoms with van der Waals surface area (Å²) in [5, 5.41) is 0. The molecule has 1 aliphatic rings. The van der Waals surface area contributed by atoms with E-state index in [2.05, 4.69) is 24.8 Å². The molecule has 1 nitrogen and oxygen atoms in total. The molecule has 2 rings (SSSR count). The van der Waals surface area contributed by atoms with Gasteiger partial charge in [0.1, 0.15) is 5.75 Å². The number of rotatable bonds is 4. The van der Waals surface area contributed by atoms with Crippen LogP contribution in [0.25, 0.3) is 0 Å². The second-order valence-corrected chi connectivity index (χ2v) is 5.91. The van der Waals surface area contributed by atoms with Gasteiger partial charge in [-0.2, -0.15) is 0 Å². The molecule has 0 heterocycles. The minimum absolute atomic E-state index is 0.592. The largest absolute Gasteiger partial charge is 0.493 e. The number of aryl methyl sites for hydroxylation is 1. The summed E-state index contributed by atoms with van der Waals surface area (Å²) in [5.74, 6) is 8.53. The van der Waals surface area contributed by atoms with E-state index in [0.717, 1.165) is 30.3 Å². The van der Waals surface area contributed by atoms with Crippen molar-refractivity contribution in [1.29, 1.82) is 0 Å². The highest BCUT2D eigenvalue weighted by Crippen LogP contribution is 2.25. The first-order valence-corrected chi connectivity index (χ1v) is 8.11. The standard InChI is InChI=1S/C18H23ClO/c1-15-13-18(11-10-17(15)9-5-6-12-19)20-14-16-7-3-2-4-8-16/h10-11,13,16H,2-4,6-8,12,14H2,1H3. The normalized spacial score (nSPS) is 15.5. The van der Waals surface area contributed by atoms with Gasteiger partial charge in [-0.05, 0) is 49.4 Å². The van der Waals surface area contributed by atoms with Crippen molar-refractivity contribution in [2.24, 2.45) is 5.92 Å². The number of halogens is 1. The SMILES string of the molecule is Cc1cc(OCC2CCCCC2)ccc1C#CCCCl. The molecule has 0 aromatic heterocycles. The summed E-state index contributed by atoms with van der Waals surface area (Å²) in [5.41, 5.74) is 2.24. The van der Waals surface area contributed by atoms with E-state index in [9.17, 15) is 0 Å². The first-order chi connectivity index (χ1) is 9.79. The van der Waals surface area contributed by atoms with Gasteiger partial charge in [-0.3, -0.25) is 0 Å². The molecular formula is C18H23ClO. The van der Waals surface area contributed by atoms with Crippen molar-refractivity contribution in [1.82, 2.24) is 0 Å². The van der Waals surface area contributed by atoms with Crippen molar-refractivity contribution in [3.05, 3.63) is 29.3 Å². The van der Waals surface area contributed by atoms with E-state index >= 15 is 0 Å². The quantitative estimate of drug-likeness (QED) is 0.564. The Kier molecular flexibility index (Phi) is 6.27. The lowest BCUT2D eigenvalue weighted by molar-refractivity contribution is 0.209. The maximum absolute atomic E-state index is 5.94. The molecule has 1 aliphatic carbocycles. The van der Waals surface area contributed by atoms with Crippen LogP contribution in [0.4, 0.5) is 0 Å². The number of benzene rings is 1. The highest BCUT2D eigenvalue weighted by atomic mass is 35.5. The molecule has 0 aliphatic heterocycles. The highest BCUT2D eigenvalue weighted by molar-refractivity contribution is 6.18. The topological polar surface area (TPSA) is 9.23 Å². The summed E-state index contributed by atoms with van der Waals surface area (Å²) in [6.45, 7) is 2.94. The Bertz CT molecular complexity index is 478. The fourth-order valence-electron chi connectivity index (χ4n) is 2.64. The van der Waals surface area contributed by atoms with E-state index < -0.39 is 0 Å². The highest BCUT2D eigenvalue weighted by Gasteiger charge is 2.13. The molecule has 2 heteroatoms. The summed E-state index contributed by atoms with van der Waals surface area (Å²) in [7, 11) is 0. The smallest absolute Gasteiger partial charge is 0.119 e. The van der Waals surface area contributed by atoms with E-state index in [-0.39, 0.29) is 0 Å². The summed E-state index contributed by atoms with van der Waals surface area (Å²) in [6, 6.07) is 6.17. The van der Waals surface area contributed by atoms with Crippen LogP contribution in [0.1, 0.15) is 49.7 Å². The van der Waals surface area contributed by atoms with E-state index in [1.807, 2.05) is 12.1 Å². The molecule has 0 saturated heterocycles. The molecule has 0 spiro atoms. The van der Waals surface area contributed by atoms with Crippen LogP contribution in [0.5, 0.6) is 5.75 Å². The molecule has 0 radical (unpaired) electrons. The van der Waals surface area contributed by atoms with Gasteiger partial charge < -0.3 is 4.74 Å². The van der Waals surface area contributed by atoms with Crippen molar-refractivity contribution in [3.8, 4) is 17.6 Å². The van der Waals surface area contributed by atoms with Crippen LogP contribution < -0.4 is 4.74 Å². The van der Waals surface area contributed by atoms with E-state index in [1.54, 1.807) is 0 Å². The predicted octanol–water partition coefficient (Wildman–Crippen LogP) is 4.93. The molecule has 0 N–H and O–H groups in total. The molecule has 0 unspecified atom stereocenters. The molecule has 1 fully saturated rings. The second-order valence-electron chi connectivity index (χ2n) is 5.53. The van der Waals surface area contributed by atoms with Gasteiger partial charge in [0.15, 0.2) is 0 Å². The average Bonchev–Trinajstić information content (AvgIpc) is 2.48. The number of hydrogen-bond acceptors (Lipinski definition) is 1. The lowest BCUT2D eigenvalue weighted by Gasteiger charge is -2.21. The van der Waals surface area contributed by atoms with Crippen molar-refractivity contribution in [2.45, 2.75) is 45.4 Å². The van der Waals surface area contributed by atoms with Crippen LogP contribution in [0.3, 0.4) is 0 Å². The molecule has 0 bridgehead atoms. The molecule has 108 valence electrons. The second kappa shape index (κ2) is 8.22. The van der Waals surface area contributed by atoms with Crippen LogP contribution in [0.2, 0.25) is 0 Å². The maximum Gasteiger partial charge on any atom is 0.119 e. The number of alkyl halides is 1. The van der Waals surface area contributed by atoms with Crippen molar-refractivity contribution >= 4 is 11.6 Å². The molecular weight excluding hydrogens is 268 g/mol. The van der Waals surface area contributed by atoms with Crippen LogP contribution in [0, 0.1) is 24.7 Å². The van der Waals surface area contributed by atoms with Gasteiger partial charge >= 0.3 is 0 Å². The van der Waals surface area contributed by atoms with E-state index in [1.165, 1.54) is 37.7 Å². The Labute approximate surface area is 127 Å².